The molecule has 0 aliphatic carbocycles. The van der Waals surface area contributed by atoms with Gasteiger partial charge in [-0.25, -0.2) is 0 Å². The first-order valence-electron chi connectivity index (χ1n) is 8.41. The Kier molecular flexibility index (Phi) is 10.4. The molecule has 0 aliphatic rings. The van der Waals surface area contributed by atoms with Crippen molar-refractivity contribution in [3.8, 4) is 5.75 Å². The fourth-order valence-corrected chi connectivity index (χ4v) is 2.31. The van der Waals surface area contributed by atoms with E-state index in [0.717, 1.165) is 18.4 Å². The molecule has 2 N–H and O–H groups in total. The van der Waals surface area contributed by atoms with Crippen molar-refractivity contribution in [2.45, 2.75) is 44.6 Å². The quantitative estimate of drug-likeness (QED) is 0.131. The second kappa shape index (κ2) is 12.6. The average molecular weight is 368 g/mol. The normalized spacial score (nSPS) is 11.4. The molecule has 1 atom stereocenters. The van der Waals surface area contributed by atoms with E-state index in [0.29, 0.717) is 38.0 Å². The van der Waals surface area contributed by atoms with E-state index in [1.807, 2.05) is 0 Å². The van der Waals surface area contributed by atoms with Crippen LogP contribution in [0.5, 0.6) is 5.75 Å². The maximum Gasteiger partial charge on any atom is 0.314 e. The fourth-order valence-electron chi connectivity index (χ4n) is 2.31. The topological polar surface area (TPSA) is 131 Å². The highest BCUT2D eigenvalue weighted by Crippen LogP contribution is 2.16. The van der Waals surface area contributed by atoms with Gasteiger partial charge in [0, 0.05) is 0 Å². The Balaban J connectivity index is 2.40. The van der Waals surface area contributed by atoms with Gasteiger partial charge in [-0.2, -0.15) is 0 Å². The van der Waals surface area contributed by atoms with Gasteiger partial charge in [-0.15, -0.1) is 10.1 Å². The smallest absolute Gasteiger partial charge is 0.314 e. The maximum atomic E-state index is 12.0. The number of ether oxygens (including phenoxy) is 2. The van der Waals surface area contributed by atoms with Gasteiger partial charge in [-0.3, -0.25) is 9.59 Å². The first kappa shape index (κ1) is 21.4. The molecule has 0 saturated carbocycles. The molecule has 0 radical (unpaired) electrons. The summed E-state index contributed by atoms with van der Waals surface area (Å²) >= 11 is 0. The zero-order chi connectivity index (χ0) is 19.2. The Hall–Kier alpha value is -2.68. The Bertz CT molecular complexity index is 563. The van der Waals surface area contributed by atoms with Gasteiger partial charge < -0.3 is 20.0 Å². The van der Waals surface area contributed by atoms with Gasteiger partial charge in [0.2, 0.25) is 0 Å². The van der Waals surface area contributed by atoms with Crippen LogP contribution in [-0.2, 0) is 25.6 Å². The molecule has 9 heteroatoms. The summed E-state index contributed by atoms with van der Waals surface area (Å²) in [5.41, 5.74) is 6.36. The second-order valence-electron chi connectivity index (χ2n) is 5.62. The predicted octanol–water partition coefficient (Wildman–Crippen LogP) is 1.79. The third-order valence-electron chi connectivity index (χ3n) is 3.58. The van der Waals surface area contributed by atoms with Crippen molar-refractivity contribution in [3.63, 3.8) is 0 Å². The summed E-state index contributed by atoms with van der Waals surface area (Å²) in [6.45, 7) is 0.909. The summed E-state index contributed by atoms with van der Waals surface area (Å²) in [7, 11) is 0. The number of hydrogen-bond acceptors (Lipinski definition) is 8. The Morgan fingerprint density at radius 2 is 1.96 bits per heavy atom. The number of carbonyl (C=O) groups is 2. The summed E-state index contributed by atoms with van der Waals surface area (Å²) in [6, 6.07) is 6.84. The summed E-state index contributed by atoms with van der Waals surface area (Å²) < 4.78 is 10.1. The largest absolute Gasteiger partial charge is 0.464 e. The Morgan fingerprint density at radius 3 is 2.58 bits per heavy atom. The van der Waals surface area contributed by atoms with Crippen LogP contribution < -0.4 is 10.5 Å². The molecule has 0 spiro atoms. The summed E-state index contributed by atoms with van der Waals surface area (Å²) in [4.78, 5) is 36.8. The number of benzene rings is 1. The molecule has 1 aromatic carbocycles. The molecule has 1 aromatic rings. The van der Waals surface area contributed by atoms with Crippen molar-refractivity contribution in [3.05, 3.63) is 39.9 Å². The van der Waals surface area contributed by atoms with E-state index in [4.69, 9.17) is 15.2 Å². The molecule has 0 amide bonds. The fraction of sp³-hybridized carbons (Fsp3) is 0.529. The van der Waals surface area contributed by atoms with Gasteiger partial charge in [0.05, 0.1) is 13.0 Å². The molecule has 0 bridgehead atoms. The van der Waals surface area contributed by atoms with Crippen LogP contribution in [0.4, 0.5) is 0 Å². The van der Waals surface area contributed by atoms with Crippen LogP contribution in [0.2, 0.25) is 0 Å². The molecule has 0 aromatic heterocycles. The zero-order valence-electron chi connectivity index (χ0n) is 14.5. The second-order valence-corrected chi connectivity index (χ2v) is 5.62. The van der Waals surface area contributed by atoms with Crippen LogP contribution in [0.15, 0.2) is 24.3 Å². The molecule has 26 heavy (non-hydrogen) atoms. The van der Waals surface area contributed by atoms with Gasteiger partial charge >= 0.3 is 5.97 Å². The maximum absolute atomic E-state index is 12.0. The molecule has 0 heterocycles. The number of nitrogens with two attached hydrogens (primary N) is 1. The van der Waals surface area contributed by atoms with E-state index in [1.54, 1.807) is 24.3 Å². The molecule has 1 unspecified atom stereocenters. The molecule has 0 fully saturated rings. The van der Waals surface area contributed by atoms with E-state index in [1.165, 1.54) is 0 Å². The lowest BCUT2D eigenvalue weighted by Gasteiger charge is -2.14. The van der Waals surface area contributed by atoms with Crippen LogP contribution in [0.25, 0.3) is 0 Å². The van der Waals surface area contributed by atoms with Gasteiger partial charge in [0.15, 0.2) is 0 Å². The van der Waals surface area contributed by atoms with Crippen LogP contribution in [0, 0.1) is 10.1 Å². The standard InChI is InChI=1S/C17H24N2O7/c18-10-2-1-5-16(24-13-20)12-17(21)26-15-8-6-14(7-9-15)4-3-11-25-19(22)23/h6-9,13,16H,1-5,10-12,18H2. The Morgan fingerprint density at radius 1 is 1.23 bits per heavy atom. The third kappa shape index (κ3) is 9.58. The Labute approximate surface area is 151 Å². The van der Waals surface area contributed by atoms with Crippen LogP contribution in [-0.4, -0.2) is 36.8 Å². The number of carbonyl (C=O) groups excluding carboxylic acids is 2. The van der Waals surface area contributed by atoms with Crippen LogP contribution in [0.1, 0.15) is 37.7 Å². The molecular formula is C17H24N2O7. The average Bonchev–Trinajstić information content (AvgIpc) is 2.60. The molecular weight excluding hydrogens is 344 g/mol. The molecule has 9 nitrogen and oxygen atoms in total. The molecule has 1 rings (SSSR count). The van der Waals surface area contributed by atoms with Gasteiger partial charge in [-0.05, 0) is 56.3 Å². The predicted molar refractivity (Wildman–Crippen MR) is 91.8 cm³/mol. The highest BCUT2D eigenvalue weighted by molar-refractivity contribution is 5.73. The summed E-state index contributed by atoms with van der Waals surface area (Å²) in [6.07, 6.45) is 2.68. The highest BCUT2D eigenvalue weighted by Gasteiger charge is 2.16. The lowest BCUT2D eigenvalue weighted by Crippen LogP contribution is -2.21. The van der Waals surface area contributed by atoms with Gasteiger partial charge in [0.1, 0.15) is 11.9 Å². The summed E-state index contributed by atoms with van der Waals surface area (Å²) in [5.74, 6) is -0.108. The van der Waals surface area contributed by atoms with Crippen molar-refractivity contribution in [1.82, 2.24) is 0 Å². The molecule has 0 saturated heterocycles. The highest BCUT2D eigenvalue weighted by atomic mass is 16.9. The number of aryl methyl sites for hydroxylation is 1. The minimum absolute atomic E-state index is 0.0245. The minimum atomic E-state index is -0.819. The number of rotatable bonds is 14. The first-order chi connectivity index (χ1) is 12.5. The summed E-state index contributed by atoms with van der Waals surface area (Å²) in [5, 5.41) is 9.23. The van der Waals surface area contributed by atoms with Crippen LogP contribution in [0.3, 0.4) is 0 Å². The van der Waals surface area contributed by atoms with E-state index in [-0.39, 0.29) is 13.0 Å². The van der Waals surface area contributed by atoms with Crippen molar-refractivity contribution in [2.75, 3.05) is 13.2 Å². The minimum Gasteiger partial charge on any atom is -0.464 e. The molecule has 144 valence electrons. The third-order valence-corrected chi connectivity index (χ3v) is 3.58. The number of nitrogens with zero attached hydrogens (tertiary/aromatic N) is 1. The van der Waals surface area contributed by atoms with Crippen molar-refractivity contribution < 1.29 is 29.0 Å². The van der Waals surface area contributed by atoms with E-state index in [9.17, 15) is 19.7 Å². The number of esters is 1. The zero-order valence-corrected chi connectivity index (χ0v) is 14.5. The van der Waals surface area contributed by atoms with Crippen molar-refractivity contribution in [1.29, 1.82) is 0 Å². The lowest BCUT2D eigenvalue weighted by atomic mass is 10.1. The van der Waals surface area contributed by atoms with E-state index < -0.39 is 17.2 Å². The SMILES string of the molecule is NCCCCC(CC(=O)Oc1ccc(CCCO[N+](=O)[O-])cc1)OC=O. The van der Waals surface area contributed by atoms with E-state index in [2.05, 4.69) is 4.84 Å². The number of hydrogen-bond donors (Lipinski definition) is 1. The van der Waals surface area contributed by atoms with Gasteiger partial charge in [-0.1, -0.05) is 12.1 Å². The monoisotopic (exact) mass is 368 g/mol. The number of unbranched alkanes of at least 4 members (excludes halogenated alkanes) is 1. The van der Waals surface area contributed by atoms with E-state index >= 15 is 0 Å². The van der Waals surface area contributed by atoms with Crippen molar-refractivity contribution >= 4 is 12.4 Å². The lowest BCUT2D eigenvalue weighted by molar-refractivity contribution is -0.757. The first-order valence-corrected chi connectivity index (χ1v) is 8.41. The van der Waals surface area contributed by atoms with Crippen molar-refractivity contribution in [2.24, 2.45) is 5.73 Å². The van der Waals surface area contributed by atoms with Crippen LogP contribution >= 0.6 is 0 Å². The van der Waals surface area contributed by atoms with Gasteiger partial charge in [0.25, 0.3) is 11.6 Å². The molecule has 0 aliphatic heterocycles.